The molecule has 0 aliphatic carbocycles. The number of anilines is 1. The molecule has 27 heavy (non-hydrogen) atoms. The fourth-order valence-corrected chi connectivity index (χ4v) is 2.69. The van der Waals surface area contributed by atoms with E-state index in [0.717, 1.165) is 11.1 Å². The molecule has 2 N–H and O–H groups in total. The predicted molar refractivity (Wildman–Crippen MR) is 103 cm³/mol. The molecule has 0 aliphatic heterocycles. The summed E-state index contributed by atoms with van der Waals surface area (Å²) in [5.41, 5.74) is 2.24. The van der Waals surface area contributed by atoms with Crippen LogP contribution in [0.5, 0.6) is 0 Å². The molecule has 0 fully saturated rings. The summed E-state index contributed by atoms with van der Waals surface area (Å²) >= 11 is 3.15. The van der Waals surface area contributed by atoms with Gasteiger partial charge >= 0.3 is 0 Å². The molecular formula is C20H16BrFN2O3. The highest BCUT2D eigenvalue weighted by Crippen LogP contribution is 2.16. The summed E-state index contributed by atoms with van der Waals surface area (Å²) in [4.78, 5) is 24.0. The normalized spacial score (nSPS) is 10.4. The monoisotopic (exact) mass is 430 g/mol. The summed E-state index contributed by atoms with van der Waals surface area (Å²) in [6.07, 6.45) is 0.209. The molecule has 2 amide bonds. The Morgan fingerprint density at radius 2 is 1.59 bits per heavy atom. The Kier molecular flexibility index (Phi) is 6.03. The molecule has 7 heteroatoms. The molecule has 0 saturated carbocycles. The van der Waals surface area contributed by atoms with Crippen LogP contribution in [0, 0.1) is 5.82 Å². The molecule has 3 rings (SSSR count). The van der Waals surface area contributed by atoms with Crippen LogP contribution < -0.4 is 10.6 Å². The largest absolute Gasteiger partial charge is 0.444 e. The molecule has 0 aliphatic rings. The third-order valence-electron chi connectivity index (χ3n) is 3.78. The van der Waals surface area contributed by atoms with Gasteiger partial charge in [0.2, 0.25) is 5.91 Å². The minimum Gasteiger partial charge on any atom is -0.444 e. The molecule has 0 saturated heterocycles. The zero-order chi connectivity index (χ0) is 19.2. The van der Waals surface area contributed by atoms with E-state index in [-0.39, 0.29) is 29.8 Å². The summed E-state index contributed by atoms with van der Waals surface area (Å²) in [6.45, 7) is 0.339. The average molecular weight is 431 g/mol. The Balaban J connectivity index is 1.50. The fourth-order valence-electron chi connectivity index (χ4n) is 2.39. The number of nitrogens with one attached hydrogen (secondary N) is 2. The van der Waals surface area contributed by atoms with Crippen molar-refractivity contribution in [1.29, 1.82) is 0 Å². The molecule has 0 spiro atoms. The van der Waals surface area contributed by atoms with Gasteiger partial charge in [-0.1, -0.05) is 24.3 Å². The molecule has 0 radical (unpaired) electrons. The SMILES string of the molecule is O=C(Cc1ccc(NC(=O)c2ccc(Br)o2)cc1)NCc1ccc(F)cc1. The first-order valence-corrected chi connectivity index (χ1v) is 8.96. The Hall–Kier alpha value is -2.93. The molecule has 0 bridgehead atoms. The lowest BCUT2D eigenvalue weighted by Crippen LogP contribution is -2.24. The second kappa shape index (κ2) is 8.64. The number of carbonyl (C=O) groups excluding carboxylic acids is 2. The van der Waals surface area contributed by atoms with Crippen molar-refractivity contribution in [3.05, 3.63) is 88.0 Å². The van der Waals surface area contributed by atoms with Gasteiger partial charge in [-0.15, -0.1) is 0 Å². The number of furan rings is 1. The number of carbonyl (C=O) groups is 2. The molecular weight excluding hydrogens is 415 g/mol. The smallest absolute Gasteiger partial charge is 0.291 e. The van der Waals surface area contributed by atoms with Crippen molar-refractivity contribution >= 4 is 33.4 Å². The van der Waals surface area contributed by atoms with Crippen molar-refractivity contribution in [2.24, 2.45) is 0 Å². The predicted octanol–water partition coefficient (Wildman–Crippen LogP) is 4.29. The average Bonchev–Trinajstić information content (AvgIpc) is 3.09. The zero-order valence-corrected chi connectivity index (χ0v) is 15.8. The van der Waals surface area contributed by atoms with Gasteiger partial charge in [-0.3, -0.25) is 9.59 Å². The summed E-state index contributed by atoms with van der Waals surface area (Å²) in [5.74, 6) is -0.606. The maximum atomic E-state index is 12.9. The van der Waals surface area contributed by atoms with Crippen LogP contribution in [0.15, 0.2) is 69.8 Å². The second-order valence-electron chi connectivity index (χ2n) is 5.83. The molecule has 1 heterocycles. The van der Waals surface area contributed by atoms with Crippen LogP contribution in [0.4, 0.5) is 10.1 Å². The van der Waals surface area contributed by atoms with Crippen molar-refractivity contribution in [3.8, 4) is 0 Å². The Labute approximate surface area is 163 Å². The number of hydrogen-bond donors (Lipinski definition) is 2. The van der Waals surface area contributed by atoms with Crippen LogP contribution in [0.2, 0.25) is 0 Å². The van der Waals surface area contributed by atoms with Gasteiger partial charge in [0.1, 0.15) is 5.82 Å². The molecule has 2 aromatic carbocycles. The first kappa shape index (κ1) is 18.8. The van der Waals surface area contributed by atoms with E-state index < -0.39 is 0 Å². The standard InChI is InChI=1S/C20H16BrFN2O3/c21-18-10-9-17(27-18)20(26)24-16-7-3-13(4-8-16)11-19(25)23-12-14-1-5-15(22)6-2-14/h1-10H,11-12H2,(H,23,25)(H,24,26). The topological polar surface area (TPSA) is 71.3 Å². The van der Waals surface area contributed by atoms with Crippen LogP contribution in [0.1, 0.15) is 21.7 Å². The minimum absolute atomic E-state index is 0.142. The van der Waals surface area contributed by atoms with Gasteiger partial charge in [0, 0.05) is 12.2 Å². The van der Waals surface area contributed by atoms with Crippen LogP contribution in [-0.2, 0) is 17.8 Å². The fraction of sp³-hybridized carbons (Fsp3) is 0.100. The highest BCUT2D eigenvalue weighted by molar-refractivity contribution is 9.10. The summed E-state index contributed by atoms with van der Waals surface area (Å²) in [7, 11) is 0. The number of benzene rings is 2. The van der Waals surface area contributed by atoms with E-state index in [1.165, 1.54) is 12.1 Å². The highest BCUT2D eigenvalue weighted by Gasteiger charge is 2.11. The lowest BCUT2D eigenvalue weighted by Gasteiger charge is -2.07. The first-order chi connectivity index (χ1) is 13.0. The maximum Gasteiger partial charge on any atom is 0.291 e. The van der Waals surface area contributed by atoms with E-state index in [2.05, 4.69) is 26.6 Å². The van der Waals surface area contributed by atoms with E-state index in [9.17, 15) is 14.0 Å². The van der Waals surface area contributed by atoms with Gasteiger partial charge in [-0.05, 0) is 63.5 Å². The highest BCUT2D eigenvalue weighted by atomic mass is 79.9. The first-order valence-electron chi connectivity index (χ1n) is 8.16. The second-order valence-corrected chi connectivity index (χ2v) is 6.62. The zero-order valence-electron chi connectivity index (χ0n) is 14.2. The van der Waals surface area contributed by atoms with Gasteiger partial charge in [0.05, 0.1) is 6.42 Å². The van der Waals surface area contributed by atoms with E-state index in [1.807, 2.05) is 0 Å². The van der Waals surface area contributed by atoms with Gasteiger partial charge in [-0.2, -0.15) is 0 Å². The maximum absolute atomic E-state index is 12.9. The van der Waals surface area contributed by atoms with Crippen molar-refractivity contribution in [2.75, 3.05) is 5.32 Å². The molecule has 5 nitrogen and oxygen atoms in total. The van der Waals surface area contributed by atoms with Gasteiger partial charge in [-0.25, -0.2) is 4.39 Å². The van der Waals surface area contributed by atoms with E-state index in [0.29, 0.717) is 16.9 Å². The minimum atomic E-state index is -0.356. The Morgan fingerprint density at radius 1 is 0.926 bits per heavy atom. The molecule has 0 unspecified atom stereocenters. The summed E-state index contributed by atoms with van der Waals surface area (Å²) in [5, 5.41) is 5.51. The van der Waals surface area contributed by atoms with E-state index in [1.54, 1.807) is 48.5 Å². The van der Waals surface area contributed by atoms with Gasteiger partial charge in [0.15, 0.2) is 10.4 Å². The third-order valence-corrected chi connectivity index (χ3v) is 4.20. The van der Waals surface area contributed by atoms with E-state index >= 15 is 0 Å². The quantitative estimate of drug-likeness (QED) is 0.612. The van der Waals surface area contributed by atoms with Crippen molar-refractivity contribution in [1.82, 2.24) is 5.32 Å². The van der Waals surface area contributed by atoms with Crippen LogP contribution in [0.25, 0.3) is 0 Å². The van der Waals surface area contributed by atoms with Crippen molar-refractivity contribution in [2.45, 2.75) is 13.0 Å². The van der Waals surface area contributed by atoms with Crippen molar-refractivity contribution < 1.29 is 18.4 Å². The van der Waals surface area contributed by atoms with Crippen molar-refractivity contribution in [3.63, 3.8) is 0 Å². The third kappa shape index (κ3) is 5.52. The molecule has 138 valence electrons. The molecule has 3 aromatic rings. The van der Waals surface area contributed by atoms with Gasteiger partial charge < -0.3 is 15.1 Å². The summed E-state index contributed by atoms with van der Waals surface area (Å²) < 4.78 is 18.5. The van der Waals surface area contributed by atoms with Crippen LogP contribution >= 0.6 is 15.9 Å². The molecule has 1 aromatic heterocycles. The Morgan fingerprint density at radius 3 is 2.22 bits per heavy atom. The number of amides is 2. The number of hydrogen-bond acceptors (Lipinski definition) is 3. The lowest BCUT2D eigenvalue weighted by molar-refractivity contribution is -0.120. The number of rotatable bonds is 6. The summed E-state index contributed by atoms with van der Waals surface area (Å²) in [6, 6.07) is 16.2. The van der Waals surface area contributed by atoms with Crippen LogP contribution in [0.3, 0.4) is 0 Å². The van der Waals surface area contributed by atoms with Crippen LogP contribution in [-0.4, -0.2) is 11.8 Å². The molecule has 0 atom stereocenters. The van der Waals surface area contributed by atoms with E-state index in [4.69, 9.17) is 4.42 Å². The van der Waals surface area contributed by atoms with Gasteiger partial charge in [0.25, 0.3) is 5.91 Å². The lowest BCUT2D eigenvalue weighted by atomic mass is 10.1. The number of halogens is 2. The Bertz CT molecular complexity index is 937.